The molecule has 0 aliphatic rings. The summed E-state index contributed by atoms with van der Waals surface area (Å²) < 4.78 is 435. The van der Waals surface area contributed by atoms with Gasteiger partial charge in [0.25, 0.3) is 0 Å². The van der Waals surface area contributed by atoms with Crippen LogP contribution in [-0.2, 0) is 34.0 Å². The first-order chi connectivity index (χ1) is 25.6. The van der Waals surface area contributed by atoms with E-state index in [2.05, 4.69) is 9.47 Å². The third-order valence-corrected chi connectivity index (χ3v) is 10.1. The van der Waals surface area contributed by atoms with Crippen molar-refractivity contribution in [2.75, 3.05) is 26.4 Å². The molecule has 0 bridgehead atoms. The molecule has 0 fully saturated rings. The van der Waals surface area contributed by atoms with E-state index < -0.39 is 147 Å². The minimum atomic E-state index is -8.68. The molecule has 0 aliphatic carbocycles. The Bertz CT molecular complexity index is 1450. The Morgan fingerprint density at radius 3 is 0.746 bits per heavy atom. The van der Waals surface area contributed by atoms with Gasteiger partial charge in [0, 0.05) is 0 Å². The van der Waals surface area contributed by atoms with Crippen molar-refractivity contribution in [1.82, 2.24) is 0 Å². The van der Waals surface area contributed by atoms with Crippen molar-refractivity contribution < 1.29 is 175 Å². The molecule has 344 valence electrons. The van der Waals surface area contributed by atoms with Crippen LogP contribution in [0.5, 0.6) is 0 Å². The van der Waals surface area contributed by atoms with Gasteiger partial charge in [-0.15, -0.1) is 0 Å². The molecule has 0 aromatic carbocycles. The van der Waals surface area contributed by atoms with Gasteiger partial charge in [0.05, 0.1) is 0 Å². The van der Waals surface area contributed by atoms with Crippen molar-refractivity contribution in [1.29, 1.82) is 0 Å². The zero-order valence-electron chi connectivity index (χ0n) is 26.6. The number of rotatable bonds is 20. The van der Waals surface area contributed by atoms with Gasteiger partial charge in [-0.1, -0.05) is 0 Å². The molecule has 35 heteroatoms. The standard InChI is InChI=1S/2C12H5F16O.Hg/c2*1-2-3-29-4-6(15,16)8(19,20)10(23,24)12(27,28)11(25,26)9(21,22)7(17,18)5(13)14;/h2*5H,3-4H2;. The van der Waals surface area contributed by atoms with E-state index in [-0.39, 0.29) is 0 Å². The number of alkyl halides is 32. The van der Waals surface area contributed by atoms with Crippen LogP contribution < -0.4 is 0 Å². The van der Waals surface area contributed by atoms with Crippen LogP contribution >= 0.6 is 0 Å². The normalized spacial score (nSPS) is 15.5. The third kappa shape index (κ3) is 9.00. The maximum atomic E-state index is 13.7. The average Bonchev–Trinajstić information content (AvgIpc) is 3.05. The minimum absolute atomic E-state index is 1.47. The Hall–Kier alpha value is -2.26. The quantitative estimate of drug-likeness (QED) is 0.0524. The first kappa shape index (κ1) is 56.7. The molecule has 0 radical (unpaired) electrons. The van der Waals surface area contributed by atoms with Crippen LogP contribution in [0.2, 0.25) is 0 Å². The van der Waals surface area contributed by atoms with Crippen LogP contribution in [0, 0.1) is 18.7 Å². The molecule has 0 spiro atoms. The van der Waals surface area contributed by atoms with Gasteiger partial charge in [-0.25, -0.2) is 17.6 Å². The SMILES string of the molecule is FC(F)C(F)(F)C(F)(F)C(F)(F)C(F)(F)C(F)(F)C(F)(F)C(F)(F)COCC#[C][Hg][C]#CCOCC(F)(F)C(F)(F)C(F)(F)C(F)(F)C(F)(F)C(F)(F)C(F)(F)C(F)F. The van der Waals surface area contributed by atoms with Gasteiger partial charge in [-0.3, -0.25) is 0 Å². The van der Waals surface area contributed by atoms with E-state index in [1.165, 1.54) is 11.8 Å². The third-order valence-electron chi connectivity index (χ3n) is 6.80. The predicted octanol–water partition coefficient (Wildman–Crippen LogP) is 10.4. The summed E-state index contributed by atoms with van der Waals surface area (Å²) in [5.41, 5.74) is 0. The molecule has 2 nitrogen and oxygen atoms in total. The second-order valence-corrected chi connectivity index (χ2v) is 15.0. The number of halogens is 32. The van der Waals surface area contributed by atoms with Crippen molar-refractivity contribution in [2.24, 2.45) is 0 Å². The smallest absolute Gasteiger partial charge is 0.203 e. The first-order valence-electron chi connectivity index (χ1n) is 13.5. The molecular weight excluding hydrogens is 1130 g/mol. The van der Waals surface area contributed by atoms with Crippen LogP contribution in [0.25, 0.3) is 0 Å². The monoisotopic (exact) mass is 1140 g/mol. The van der Waals surface area contributed by atoms with Gasteiger partial charge >= 0.3 is 280 Å². The van der Waals surface area contributed by atoms with E-state index >= 15 is 0 Å². The summed E-state index contributed by atoms with van der Waals surface area (Å²) in [7, 11) is 0. The molecule has 0 saturated heterocycles. The summed E-state index contributed by atoms with van der Waals surface area (Å²) in [6, 6.07) is 0. The fourth-order valence-corrected chi connectivity index (χ4v) is 5.36. The fourth-order valence-electron chi connectivity index (χ4n) is 3.25. The molecule has 0 rings (SSSR count). The van der Waals surface area contributed by atoms with Crippen LogP contribution in [0.1, 0.15) is 0 Å². The Balaban J connectivity index is 5.69. The summed E-state index contributed by atoms with van der Waals surface area (Å²) in [6.45, 7) is -10.0. The van der Waals surface area contributed by atoms with E-state index in [4.69, 9.17) is 0 Å². The van der Waals surface area contributed by atoms with Crippen molar-refractivity contribution >= 4 is 0 Å². The summed E-state index contributed by atoms with van der Waals surface area (Å²) >= 11 is -3.28. The number of ether oxygens (including phenoxy) is 2. The Kier molecular flexibility index (Phi) is 16.5. The first-order valence-corrected chi connectivity index (χ1v) is 19.0. The van der Waals surface area contributed by atoms with E-state index in [9.17, 15) is 140 Å². The van der Waals surface area contributed by atoms with Crippen LogP contribution in [0.3, 0.4) is 0 Å². The molecule has 0 heterocycles. The number of hydrogen-bond donors (Lipinski definition) is 0. The Labute approximate surface area is 315 Å². The van der Waals surface area contributed by atoms with Gasteiger partial charge in [0.1, 0.15) is 0 Å². The molecule has 0 saturated carbocycles. The van der Waals surface area contributed by atoms with E-state index in [1.807, 2.05) is 0 Å². The summed E-state index contributed by atoms with van der Waals surface area (Å²) in [6.07, 6.45) is -12.1. The molecule has 0 N–H and O–H groups in total. The maximum absolute atomic E-state index is 13.7. The zero-order chi connectivity index (χ0) is 47.9. The van der Waals surface area contributed by atoms with Crippen LogP contribution in [-0.4, -0.2) is 122 Å². The Morgan fingerprint density at radius 2 is 0.525 bits per heavy atom. The second kappa shape index (κ2) is 17.1. The number of hydrogen-bond acceptors (Lipinski definition) is 2. The summed E-state index contributed by atoms with van der Waals surface area (Å²) in [4.78, 5) is 0. The molecule has 59 heavy (non-hydrogen) atoms. The van der Waals surface area contributed by atoms with Crippen LogP contribution in [0.4, 0.5) is 140 Å². The average molecular weight is 1140 g/mol. The minimum Gasteiger partial charge on any atom is -0.203 e. The van der Waals surface area contributed by atoms with E-state index in [1.54, 1.807) is 6.86 Å². The van der Waals surface area contributed by atoms with E-state index in [0.29, 0.717) is 0 Å². The summed E-state index contributed by atoms with van der Waals surface area (Å²) in [5, 5.41) is 0. The Morgan fingerprint density at radius 1 is 0.322 bits per heavy atom. The fraction of sp³-hybridized carbons (Fsp3) is 0.833. The van der Waals surface area contributed by atoms with Crippen molar-refractivity contribution in [3.8, 4) is 18.7 Å². The molecule has 0 amide bonds. The molecule has 0 unspecified atom stereocenters. The zero-order valence-corrected chi connectivity index (χ0v) is 32.1. The molecule has 0 aliphatic heterocycles. The predicted molar refractivity (Wildman–Crippen MR) is 118 cm³/mol. The van der Waals surface area contributed by atoms with Crippen molar-refractivity contribution in [3.63, 3.8) is 0 Å². The molecule has 0 aromatic heterocycles. The van der Waals surface area contributed by atoms with Gasteiger partial charge in [0.2, 0.25) is 0 Å². The van der Waals surface area contributed by atoms with Gasteiger partial charge < -0.3 is 0 Å². The van der Waals surface area contributed by atoms with E-state index in [0.717, 1.165) is 0 Å². The summed E-state index contributed by atoms with van der Waals surface area (Å²) in [5.74, 6) is -110. The van der Waals surface area contributed by atoms with Gasteiger partial charge in [-0.2, -0.15) is 17.6 Å². The second-order valence-electron chi connectivity index (χ2n) is 10.9. The van der Waals surface area contributed by atoms with Gasteiger partial charge in [0.15, 0.2) is 0 Å². The molecular formula is C24H10F32HgO2. The molecule has 0 atom stereocenters. The van der Waals surface area contributed by atoms with Crippen molar-refractivity contribution in [2.45, 2.75) is 95.8 Å². The molecule has 0 aromatic rings. The van der Waals surface area contributed by atoms with Crippen LogP contribution in [0.15, 0.2) is 0 Å². The topological polar surface area (TPSA) is 18.5 Å². The van der Waals surface area contributed by atoms with Gasteiger partial charge in [-0.05, 0) is 0 Å². The van der Waals surface area contributed by atoms with Crippen molar-refractivity contribution in [3.05, 3.63) is 0 Å².